The highest BCUT2D eigenvalue weighted by molar-refractivity contribution is 14.1. The zero-order valence-corrected chi connectivity index (χ0v) is 13.1. The van der Waals surface area contributed by atoms with Crippen LogP contribution in [-0.2, 0) is 6.42 Å². The Morgan fingerprint density at radius 2 is 1.95 bits per heavy atom. The van der Waals surface area contributed by atoms with E-state index in [1.54, 1.807) is 7.11 Å². The molecule has 0 saturated heterocycles. The number of aryl methyl sites for hydroxylation is 1. The monoisotopic (exact) mass is 366 g/mol. The molecule has 0 aromatic heterocycles. The lowest BCUT2D eigenvalue weighted by atomic mass is 9.99. The highest BCUT2D eigenvalue weighted by atomic mass is 127. The molecule has 0 aliphatic heterocycles. The van der Waals surface area contributed by atoms with Crippen LogP contribution in [0.15, 0.2) is 42.5 Å². The van der Waals surface area contributed by atoms with Crippen LogP contribution in [0.5, 0.6) is 5.75 Å². The van der Waals surface area contributed by atoms with Gasteiger partial charge in [-0.2, -0.15) is 0 Å². The van der Waals surface area contributed by atoms with Crippen molar-refractivity contribution in [1.82, 2.24) is 0 Å². The molecule has 2 nitrogen and oxygen atoms in total. The molecule has 3 heteroatoms. The third-order valence-electron chi connectivity index (χ3n) is 3.07. The second-order valence-corrected chi connectivity index (χ2v) is 5.62. The molecular formula is C16H15IO2. The Balaban J connectivity index is 2.30. The fourth-order valence-electron chi connectivity index (χ4n) is 1.97. The van der Waals surface area contributed by atoms with E-state index in [0.29, 0.717) is 17.7 Å². The van der Waals surface area contributed by atoms with Gasteiger partial charge in [-0.15, -0.1) is 0 Å². The van der Waals surface area contributed by atoms with E-state index >= 15 is 0 Å². The van der Waals surface area contributed by atoms with Gasteiger partial charge in [-0.1, -0.05) is 24.3 Å². The van der Waals surface area contributed by atoms with Gasteiger partial charge in [0.1, 0.15) is 5.75 Å². The van der Waals surface area contributed by atoms with Crippen molar-refractivity contribution in [1.29, 1.82) is 0 Å². The van der Waals surface area contributed by atoms with E-state index in [1.807, 2.05) is 49.4 Å². The molecule has 2 aromatic rings. The molecule has 2 aromatic carbocycles. The van der Waals surface area contributed by atoms with Gasteiger partial charge in [0.25, 0.3) is 0 Å². The van der Waals surface area contributed by atoms with Gasteiger partial charge in [-0.25, -0.2) is 0 Å². The van der Waals surface area contributed by atoms with E-state index in [4.69, 9.17) is 4.74 Å². The van der Waals surface area contributed by atoms with Crippen molar-refractivity contribution in [2.75, 3.05) is 7.11 Å². The van der Waals surface area contributed by atoms with Gasteiger partial charge in [0.2, 0.25) is 0 Å². The number of methoxy groups -OCH3 is 1. The van der Waals surface area contributed by atoms with Crippen LogP contribution in [0.3, 0.4) is 0 Å². The first-order valence-electron chi connectivity index (χ1n) is 6.03. The van der Waals surface area contributed by atoms with Crippen molar-refractivity contribution in [3.63, 3.8) is 0 Å². The van der Waals surface area contributed by atoms with E-state index in [1.165, 1.54) is 0 Å². The van der Waals surface area contributed by atoms with Crippen LogP contribution in [0, 0.1) is 10.5 Å². The molecule has 0 fully saturated rings. The van der Waals surface area contributed by atoms with Crippen LogP contribution < -0.4 is 4.74 Å². The first-order chi connectivity index (χ1) is 9.11. The van der Waals surface area contributed by atoms with E-state index in [2.05, 4.69) is 22.6 Å². The number of carbonyl (C=O) groups is 1. The number of rotatable bonds is 4. The van der Waals surface area contributed by atoms with Gasteiger partial charge in [-0.05, 0) is 58.8 Å². The average molecular weight is 366 g/mol. The topological polar surface area (TPSA) is 26.3 Å². The van der Waals surface area contributed by atoms with Crippen molar-refractivity contribution in [2.24, 2.45) is 0 Å². The standard InChI is InChI=1S/C16H15IO2/c1-11-5-3-4-6-12(11)9-15(18)14-10-13(17)7-8-16(14)19-2/h3-8,10H,9H2,1-2H3. The van der Waals surface area contributed by atoms with Crippen molar-refractivity contribution < 1.29 is 9.53 Å². The van der Waals surface area contributed by atoms with Crippen LogP contribution in [0.1, 0.15) is 21.5 Å². The Morgan fingerprint density at radius 1 is 1.21 bits per heavy atom. The lowest BCUT2D eigenvalue weighted by Crippen LogP contribution is -2.07. The van der Waals surface area contributed by atoms with Crippen molar-refractivity contribution in [2.45, 2.75) is 13.3 Å². The molecule has 19 heavy (non-hydrogen) atoms. The highest BCUT2D eigenvalue weighted by Gasteiger charge is 2.14. The predicted molar refractivity (Wildman–Crippen MR) is 84.9 cm³/mol. The lowest BCUT2D eigenvalue weighted by Gasteiger charge is -2.09. The maximum absolute atomic E-state index is 12.4. The van der Waals surface area contributed by atoms with E-state index in [0.717, 1.165) is 14.7 Å². The zero-order chi connectivity index (χ0) is 13.8. The van der Waals surface area contributed by atoms with Gasteiger partial charge >= 0.3 is 0 Å². The quantitative estimate of drug-likeness (QED) is 0.603. The third-order valence-corrected chi connectivity index (χ3v) is 3.75. The fraction of sp³-hybridized carbons (Fsp3) is 0.188. The SMILES string of the molecule is COc1ccc(I)cc1C(=O)Cc1ccccc1C. The van der Waals surface area contributed by atoms with Crippen LogP contribution >= 0.6 is 22.6 Å². The summed E-state index contributed by atoms with van der Waals surface area (Å²) in [6, 6.07) is 13.6. The number of benzene rings is 2. The lowest BCUT2D eigenvalue weighted by molar-refractivity contribution is 0.0990. The summed E-state index contributed by atoms with van der Waals surface area (Å²) in [5.41, 5.74) is 2.85. The normalized spacial score (nSPS) is 10.3. The molecule has 0 aliphatic rings. The molecule has 0 atom stereocenters. The van der Waals surface area contributed by atoms with Gasteiger partial charge < -0.3 is 4.74 Å². The van der Waals surface area contributed by atoms with E-state index in [-0.39, 0.29) is 5.78 Å². The Hall–Kier alpha value is -1.36. The average Bonchev–Trinajstić information content (AvgIpc) is 2.41. The summed E-state index contributed by atoms with van der Waals surface area (Å²) in [6.07, 6.45) is 0.406. The van der Waals surface area contributed by atoms with E-state index < -0.39 is 0 Å². The minimum Gasteiger partial charge on any atom is -0.496 e. The minimum atomic E-state index is 0.0877. The molecule has 0 saturated carbocycles. The van der Waals surface area contributed by atoms with E-state index in [9.17, 15) is 4.79 Å². The summed E-state index contributed by atoms with van der Waals surface area (Å²) in [4.78, 5) is 12.4. The highest BCUT2D eigenvalue weighted by Crippen LogP contribution is 2.23. The summed E-state index contributed by atoms with van der Waals surface area (Å²) in [5.74, 6) is 0.726. The molecular weight excluding hydrogens is 351 g/mol. The molecule has 0 amide bonds. The number of hydrogen-bond acceptors (Lipinski definition) is 2. The smallest absolute Gasteiger partial charge is 0.171 e. The van der Waals surface area contributed by atoms with Gasteiger partial charge in [0, 0.05) is 9.99 Å². The number of carbonyl (C=O) groups excluding carboxylic acids is 1. The predicted octanol–water partition coefficient (Wildman–Crippen LogP) is 4.03. The van der Waals surface area contributed by atoms with Gasteiger partial charge in [0.15, 0.2) is 5.78 Å². The molecule has 0 unspecified atom stereocenters. The van der Waals surface area contributed by atoms with Crippen LogP contribution in [0.25, 0.3) is 0 Å². The Morgan fingerprint density at radius 3 is 2.63 bits per heavy atom. The fourth-order valence-corrected chi connectivity index (χ4v) is 2.47. The van der Waals surface area contributed by atoms with Crippen LogP contribution in [0.4, 0.5) is 0 Å². The molecule has 0 spiro atoms. The Kier molecular flexibility index (Phi) is 4.58. The zero-order valence-electron chi connectivity index (χ0n) is 10.9. The van der Waals surface area contributed by atoms with Crippen LogP contribution in [-0.4, -0.2) is 12.9 Å². The molecule has 0 heterocycles. The largest absolute Gasteiger partial charge is 0.496 e. The molecule has 0 N–H and O–H groups in total. The first-order valence-corrected chi connectivity index (χ1v) is 7.11. The maximum Gasteiger partial charge on any atom is 0.171 e. The Bertz CT molecular complexity index is 605. The van der Waals surface area contributed by atoms with Crippen LogP contribution in [0.2, 0.25) is 0 Å². The summed E-state index contributed by atoms with van der Waals surface area (Å²) >= 11 is 2.20. The maximum atomic E-state index is 12.4. The number of hydrogen-bond donors (Lipinski definition) is 0. The first kappa shape index (κ1) is 14.1. The third kappa shape index (κ3) is 3.35. The summed E-state index contributed by atoms with van der Waals surface area (Å²) < 4.78 is 6.30. The van der Waals surface area contributed by atoms with Gasteiger partial charge in [-0.3, -0.25) is 4.79 Å². The molecule has 2 rings (SSSR count). The minimum absolute atomic E-state index is 0.0877. The molecule has 98 valence electrons. The van der Waals surface area contributed by atoms with Crippen molar-refractivity contribution in [3.05, 3.63) is 62.7 Å². The summed E-state index contributed by atoms with van der Waals surface area (Å²) in [7, 11) is 1.59. The number of ether oxygens (including phenoxy) is 1. The summed E-state index contributed by atoms with van der Waals surface area (Å²) in [6.45, 7) is 2.02. The molecule has 0 radical (unpaired) electrons. The number of halogens is 1. The van der Waals surface area contributed by atoms with Crippen molar-refractivity contribution >= 4 is 28.4 Å². The molecule has 0 aliphatic carbocycles. The van der Waals surface area contributed by atoms with Crippen molar-refractivity contribution in [3.8, 4) is 5.75 Å². The van der Waals surface area contributed by atoms with Gasteiger partial charge in [0.05, 0.1) is 12.7 Å². The second-order valence-electron chi connectivity index (χ2n) is 4.37. The Labute approximate surface area is 126 Å². The summed E-state index contributed by atoms with van der Waals surface area (Å²) in [5, 5.41) is 0. The number of ketones is 1. The molecule has 0 bridgehead atoms. The number of Topliss-reactive ketones (excluding diaryl/α,β-unsaturated/α-hetero) is 1. The second kappa shape index (κ2) is 6.19.